The highest BCUT2D eigenvalue weighted by atomic mass is 16.7. The molecule has 0 spiro atoms. The predicted molar refractivity (Wildman–Crippen MR) is 67.0 cm³/mol. The van der Waals surface area contributed by atoms with Gasteiger partial charge in [0.2, 0.25) is 0 Å². The summed E-state index contributed by atoms with van der Waals surface area (Å²) in [6, 6.07) is 1.48. The van der Waals surface area contributed by atoms with Gasteiger partial charge < -0.3 is 14.4 Å². The van der Waals surface area contributed by atoms with Gasteiger partial charge in [-0.1, -0.05) is 0 Å². The molecule has 1 fully saturated rings. The van der Waals surface area contributed by atoms with Crippen LogP contribution in [0.1, 0.15) is 38.1 Å². The molecule has 0 saturated carbocycles. The molecule has 0 unspecified atom stereocenters. The molecule has 0 amide bonds. The van der Waals surface area contributed by atoms with Crippen molar-refractivity contribution < 1.29 is 19.2 Å². The number of hydrogen-bond acceptors (Lipinski definition) is 5. The average molecular weight is 249 g/mol. The summed E-state index contributed by atoms with van der Waals surface area (Å²) in [5.41, 5.74) is -0.264. The fourth-order valence-corrected chi connectivity index (χ4v) is 1.67. The molecule has 5 nitrogen and oxygen atoms in total. The Labute approximate surface area is 106 Å². The standard InChI is InChI=1S/C12H16BNO4/c1-11(2)12(3,4)18-13(17-11)10-5-8(7-15)9(16)6-14-10/h5-7,16H,1-4H3. The number of aldehydes is 1. The Morgan fingerprint density at radius 2 is 1.83 bits per heavy atom. The maximum atomic E-state index is 10.8. The molecule has 1 N–H and O–H groups in total. The van der Waals surface area contributed by atoms with Crippen LogP contribution in [0, 0.1) is 0 Å². The summed E-state index contributed by atoms with van der Waals surface area (Å²) in [5.74, 6) is -0.148. The Balaban J connectivity index is 2.32. The Kier molecular flexibility index (Phi) is 2.95. The fourth-order valence-electron chi connectivity index (χ4n) is 1.67. The second-order valence-electron chi connectivity index (χ2n) is 5.37. The molecule has 0 radical (unpaired) electrons. The zero-order valence-electron chi connectivity index (χ0n) is 10.9. The zero-order chi connectivity index (χ0) is 13.6. The summed E-state index contributed by atoms with van der Waals surface area (Å²) >= 11 is 0. The van der Waals surface area contributed by atoms with Gasteiger partial charge in [0.1, 0.15) is 5.75 Å². The minimum absolute atomic E-state index is 0.148. The van der Waals surface area contributed by atoms with E-state index in [1.165, 1.54) is 12.3 Å². The number of rotatable bonds is 2. The van der Waals surface area contributed by atoms with E-state index in [2.05, 4.69) is 4.98 Å². The highest BCUT2D eigenvalue weighted by Gasteiger charge is 2.52. The quantitative estimate of drug-likeness (QED) is 0.622. The van der Waals surface area contributed by atoms with E-state index in [9.17, 15) is 9.90 Å². The molecule has 0 aliphatic carbocycles. The number of aromatic nitrogens is 1. The van der Waals surface area contributed by atoms with Crippen molar-refractivity contribution in [1.29, 1.82) is 0 Å². The van der Waals surface area contributed by atoms with E-state index >= 15 is 0 Å². The second-order valence-corrected chi connectivity index (χ2v) is 5.37. The summed E-state index contributed by atoms with van der Waals surface area (Å²) < 4.78 is 11.6. The summed E-state index contributed by atoms with van der Waals surface area (Å²) in [6.07, 6.45) is 1.80. The first-order valence-electron chi connectivity index (χ1n) is 5.76. The van der Waals surface area contributed by atoms with Gasteiger partial charge in [-0.2, -0.15) is 0 Å². The molecule has 18 heavy (non-hydrogen) atoms. The molecule has 96 valence electrons. The van der Waals surface area contributed by atoms with E-state index in [0.29, 0.717) is 11.9 Å². The molecular formula is C12H16BNO4. The molecule has 1 aliphatic heterocycles. The molecule has 1 aromatic heterocycles. The zero-order valence-corrected chi connectivity index (χ0v) is 10.9. The Hall–Kier alpha value is -1.40. The van der Waals surface area contributed by atoms with Crippen LogP contribution >= 0.6 is 0 Å². The molecule has 6 heteroatoms. The van der Waals surface area contributed by atoms with Crippen LogP contribution in [-0.4, -0.2) is 34.7 Å². The van der Waals surface area contributed by atoms with Gasteiger partial charge in [0.25, 0.3) is 0 Å². The van der Waals surface area contributed by atoms with Crippen molar-refractivity contribution in [3.8, 4) is 5.75 Å². The van der Waals surface area contributed by atoms with Crippen LogP contribution in [0.3, 0.4) is 0 Å². The summed E-state index contributed by atoms with van der Waals surface area (Å²) in [4.78, 5) is 14.8. The number of pyridine rings is 1. The Morgan fingerprint density at radius 3 is 2.33 bits per heavy atom. The van der Waals surface area contributed by atoms with Gasteiger partial charge in [0.15, 0.2) is 6.29 Å². The van der Waals surface area contributed by atoms with E-state index in [4.69, 9.17) is 9.31 Å². The first kappa shape index (κ1) is 13.0. The van der Waals surface area contributed by atoms with Crippen molar-refractivity contribution in [2.45, 2.75) is 38.9 Å². The number of carbonyl (C=O) groups is 1. The molecule has 2 rings (SSSR count). The van der Waals surface area contributed by atoms with Crippen molar-refractivity contribution >= 4 is 19.0 Å². The second kappa shape index (κ2) is 4.07. The first-order chi connectivity index (χ1) is 8.27. The normalized spacial score (nSPS) is 21.0. The Morgan fingerprint density at radius 1 is 1.28 bits per heavy atom. The largest absolute Gasteiger partial charge is 0.514 e. The third-order valence-corrected chi connectivity index (χ3v) is 3.56. The molecule has 0 atom stereocenters. The van der Waals surface area contributed by atoms with Gasteiger partial charge >= 0.3 is 7.12 Å². The van der Waals surface area contributed by atoms with Gasteiger partial charge in [-0.15, -0.1) is 0 Å². The third kappa shape index (κ3) is 2.02. The third-order valence-electron chi connectivity index (χ3n) is 3.56. The number of carbonyl (C=O) groups excluding carboxylic acids is 1. The lowest BCUT2D eigenvalue weighted by molar-refractivity contribution is 0.00578. The van der Waals surface area contributed by atoms with Crippen LogP contribution in [0.2, 0.25) is 0 Å². The number of nitrogens with zero attached hydrogens (tertiary/aromatic N) is 1. The van der Waals surface area contributed by atoms with E-state index in [0.717, 1.165) is 0 Å². The van der Waals surface area contributed by atoms with Crippen LogP contribution < -0.4 is 5.59 Å². The van der Waals surface area contributed by atoms with Crippen molar-refractivity contribution in [3.63, 3.8) is 0 Å². The molecule has 1 aliphatic rings. The van der Waals surface area contributed by atoms with Gasteiger partial charge in [-0.25, -0.2) is 0 Å². The topological polar surface area (TPSA) is 68.7 Å². The van der Waals surface area contributed by atoms with E-state index in [1.54, 1.807) is 0 Å². The molecule has 0 bridgehead atoms. The molecule has 1 aromatic rings. The summed E-state index contributed by atoms with van der Waals surface area (Å²) in [6.45, 7) is 7.75. The van der Waals surface area contributed by atoms with E-state index in [1.807, 2.05) is 27.7 Å². The minimum atomic E-state index is -0.630. The predicted octanol–water partition coefficient (Wildman–Crippen LogP) is 0.899. The van der Waals surface area contributed by atoms with E-state index < -0.39 is 18.3 Å². The van der Waals surface area contributed by atoms with Crippen LogP contribution in [0.25, 0.3) is 0 Å². The molecule has 0 aromatic carbocycles. The van der Waals surface area contributed by atoms with E-state index in [-0.39, 0.29) is 11.3 Å². The summed E-state index contributed by atoms with van der Waals surface area (Å²) in [5, 5.41) is 9.41. The molecule has 1 saturated heterocycles. The molecule has 2 heterocycles. The van der Waals surface area contributed by atoms with Crippen LogP contribution in [0.4, 0.5) is 0 Å². The van der Waals surface area contributed by atoms with Gasteiger partial charge in [0, 0.05) is 0 Å². The SMILES string of the molecule is CC1(C)OB(c2cc(C=O)c(O)cn2)OC1(C)C. The number of hydrogen-bond donors (Lipinski definition) is 1. The highest BCUT2D eigenvalue weighted by Crippen LogP contribution is 2.36. The first-order valence-corrected chi connectivity index (χ1v) is 5.76. The highest BCUT2D eigenvalue weighted by molar-refractivity contribution is 6.61. The van der Waals surface area contributed by atoms with Crippen molar-refractivity contribution in [1.82, 2.24) is 4.98 Å². The van der Waals surface area contributed by atoms with Crippen molar-refractivity contribution in [3.05, 3.63) is 17.8 Å². The smallest absolute Gasteiger partial charge is 0.506 e. The maximum Gasteiger partial charge on any atom is 0.514 e. The van der Waals surface area contributed by atoms with Gasteiger partial charge in [-0.05, 0) is 33.8 Å². The fraction of sp³-hybridized carbons (Fsp3) is 0.500. The van der Waals surface area contributed by atoms with Crippen LogP contribution in [0.15, 0.2) is 12.3 Å². The lowest BCUT2D eigenvalue weighted by atomic mass is 9.83. The van der Waals surface area contributed by atoms with Crippen molar-refractivity contribution in [2.24, 2.45) is 0 Å². The van der Waals surface area contributed by atoms with Crippen LogP contribution in [-0.2, 0) is 9.31 Å². The maximum absolute atomic E-state index is 10.8. The van der Waals surface area contributed by atoms with Crippen molar-refractivity contribution in [2.75, 3.05) is 0 Å². The lowest BCUT2D eigenvalue weighted by Gasteiger charge is -2.32. The summed E-state index contributed by atoms with van der Waals surface area (Å²) in [7, 11) is -0.630. The van der Waals surface area contributed by atoms with Crippen LogP contribution in [0.5, 0.6) is 5.75 Å². The molecular weight excluding hydrogens is 233 g/mol. The lowest BCUT2D eigenvalue weighted by Crippen LogP contribution is -2.41. The van der Waals surface area contributed by atoms with Gasteiger partial charge in [-0.3, -0.25) is 9.78 Å². The monoisotopic (exact) mass is 249 g/mol. The average Bonchev–Trinajstić information content (AvgIpc) is 2.49. The minimum Gasteiger partial charge on any atom is -0.506 e. The number of aromatic hydroxyl groups is 1. The van der Waals surface area contributed by atoms with Gasteiger partial charge in [0.05, 0.1) is 28.6 Å². The Bertz CT molecular complexity index is 471.